The highest BCUT2D eigenvalue weighted by Crippen LogP contribution is 2.34. The normalized spacial score (nSPS) is 21.4. The second kappa shape index (κ2) is 7.21. The summed E-state index contributed by atoms with van der Waals surface area (Å²) in [6.45, 7) is 5.68. The van der Waals surface area contributed by atoms with E-state index in [9.17, 15) is 9.59 Å². The summed E-state index contributed by atoms with van der Waals surface area (Å²) in [6.07, 6.45) is 0.509. The molecule has 1 atom stereocenters. The lowest BCUT2D eigenvalue weighted by Crippen LogP contribution is -2.49. The number of hydrogen-bond donors (Lipinski definition) is 0. The predicted octanol–water partition coefficient (Wildman–Crippen LogP) is 1.35. The minimum atomic E-state index is -0.460. The molecule has 1 aromatic rings. The van der Waals surface area contributed by atoms with Crippen LogP contribution in [0.1, 0.15) is 19.8 Å². The van der Waals surface area contributed by atoms with E-state index in [0.29, 0.717) is 19.4 Å². The van der Waals surface area contributed by atoms with Crippen LogP contribution >= 0.6 is 0 Å². The first kappa shape index (κ1) is 16.8. The van der Waals surface area contributed by atoms with Gasteiger partial charge in [-0.05, 0) is 25.6 Å². The molecule has 0 saturated carbocycles. The van der Waals surface area contributed by atoms with Crippen molar-refractivity contribution in [3.05, 3.63) is 24.3 Å². The van der Waals surface area contributed by atoms with E-state index in [1.54, 1.807) is 4.90 Å². The largest absolute Gasteiger partial charge is 0.478 e. The van der Waals surface area contributed by atoms with Crippen LogP contribution in [0, 0.1) is 0 Å². The highest BCUT2D eigenvalue weighted by atomic mass is 16.5. The van der Waals surface area contributed by atoms with Gasteiger partial charge in [-0.2, -0.15) is 0 Å². The fourth-order valence-electron chi connectivity index (χ4n) is 3.19. The summed E-state index contributed by atoms with van der Waals surface area (Å²) in [4.78, 5) is 30.9. The molecule has 0 aromatic heterocycles. The van der Waals surface area contributed by atoms with Crippen molar-refractivity contribution in [3.63, 3.8) is 0 Å². The Labute approximate surface area is 143 Å². The van der Waals surface area contributed by atoms with E-state index in [4.69, 9.17) is 4.74 Å². The molecule has 1 aromatic carbocycles. The van der Waals surface area contributed by atoms with Gasteiger partial charge in [0.25, 0.3) is 5.91 Å². The van der Waals surface area contributed by atoms with Crippen LogP contribution < -0.4 is 9.64 Å². The van der Waals surface area contributed by atoms with Gasteiger partial charge in [0, 0.05) is 39.1 Å². The quantitative estimate of drug-likeness (QED) is 0.836. The third-order valence-corrected chi connectivity index (χ3v) is 4.74. The Morgan fingerprint density at radius 2 is 1.92 bits per heavy atom. The molecule has 2 heterocycles. The summed E-state index contributed by atoms with van der Waals surface area (Å²) in [6, 6.07) is 7.53. The molecule has 0 radical (unpaired) electrons. The minimum Gasteiger partial charge on any atom is -0.478 e. The van der Waals surface area contributed by atoms with Gasteiger partial charge in [-0.15, -0.1) is 0 Å². The lowest BCUT2D eigenvalue weighted by molar-refractivity contribution is -0.132. The van der Waals surface area contributed by atoms with Gasteiger partial charge >= 0.3 is 0 Å². The maximum absolute atomic E-state index is 12.6. The van der Waals surface area contributed by atoms with E-state index in [1.165, 1.54) is 0 Å². The van der Waals surface area contributed by atoms with E-state index < -0.39 is 6.10 Å². The Kier molecular flexibility index (Phi) is 5.04. The molecule has 0 aliphatic carbocycles. The standard InChI is InChI=1S/C18H25N3O3/c1-3-15-18(23)21(14-6-4-5-7-16(14)24-15)9-8-17(22)20-12-10-19(2)11-13-20/h4-7,15H,3,8-13H2,1-2H3. The molecule has 2 amide bonds. The number of piperazine rings is 1. The third-order valence-electron chi connectivity index (χ3n) is 4.74. The smallest absolute Gasteiger partial charge is 0.268 e. The molecule has 24 heavy (non-hydrogen) atoms. The van der Waals surface area contributed by atoms with Crippen molar-refractivity contribution in [3.8, 4) is 5.75 Å². The topological polar surface area (TPSA) is 53.1 Å². The zero-order chi connectivity index (χ0) is 17.1. The highest BCUT2D eigenvalue weighted by Gasteiger charge is 2.33. The fraction of sp³-hybridized carbons (Fsp3) is 0.556. The lowest BCUT2D eigenvalue weighted by Gasteiger charge is -2.35. The fourth-order valence-corrected chi connectivity index (χ4v) is 3.19. The van der Waals surface area contributed by atoms with Crippen LogP contribution in [-0.4, -0.2) is 67.5 Å². The van der Waals surface area contributed by atoms with E-state index >= 15 is 0 Å². The molecule has 1 saturated heterocycles. The van der Waals surface area contributed by atoms with Crippen LogP contribution in [0.15, 0.2) is 24.3 Å². The molecule has 6 heteroatoms. The Hall–Kier alpha value is -2.08. The molecule has 0 N–H and O–H groups in total. The number of likely N-dealkylation sites (N-methyl/N-ethyl adjacent to an activating group) is 1. The lowest BCUT2D eigenvalue weighted by atomic mass is 10.1. The molecule has 1 fully saturated rings. The number of anilines is 1. The van der Waals surface area contributed by atoms with Crippen molar-refractivity contribution < 1.29 is 14.3 Å². The second-order valence-corrected chi connectivity index (χ2v) is 6.41. The van der Waals surface area contributed by atoms with E-state index in [2.05, 4.69) is 11.9 Å². The average Bonchev–Trinajstić information content (AvgIpc) is 2.61. The minimum absolute atomic E-state index is 0.0534. The maximum atomic E-state index is 12.6. The molecule has 130 valence electrons. The van der Waals surface area contributed by atoms with Gasteiger partial charge in [0.05, 0.1) is 5.69 Å². The summed E-state index contributed by atoms with van der Waals surface area (Å²) >= 11 is 0. The van der Waals surface area contributed by atoms with Gasteiger partial charge < -0.3 is 19.4 Å². The summed E-state index contributed by atoms with van der Waals surface area (Å²) in [7, 11) is 2.07. The Balaban J connectivity index is 1.67. The number of fused-ring (bicyclic) bond motifs is 1. The summed E-state index contributed by atoms with van der Waals surface area (Å²) in [5.74, 6) is 0.784. The zero-order valence-electron chi connectivity index (χ0n) is 14.4. The monoisotopic (exact) mass is 331 g/mol. The summed E-state index contributed by atoms with van der Waals surface area (Å²) in [5.41, 5.74) is 0.762. The van der Waals surface area contributed by atoms with E-state index in [0.717, 1.165) is 37.6 Å². The molecule has 2 aliphatic heterocycles. The SMILES string of the molecule is CCC1Oc2ccccc2N(CCC(=O)N2CCN(C)CC2)C1=O. The summed E-state index contributed by atoms with van der Waals surface area (Å²) < 4.78 is 5.77. The predicted molar refractivity (Wildman–Crippen MR) is 92.2 cm³/mol. The third kappa shape index (κ3) is 3.38. The van der Waals surface area contributed by atoms with Gasteiger partial charge in [-0.25, -0.2) is 0 Å². The van der Waals surface area contributed by atoms with Gasteiger partial charge in [0.15, 0.2) is 6.10 Å². The van der Waals surface area contributed by atoms with Crippen molar-refractivity contribution in [2.45, 2.75) is 25.9 Å². The van der Waals surface area contributed by atoms with Crippen molar-refractivity contribution >= 4 is 17.5 Å². The molecule has 3 rings (SSSR count). The van der Waals surface area contributed by atoms with Crippen LogP contribution in [0.4, 0.5) is 5.69 Å². The highest BCUT2D eigenvalue weighted by molar-refractivity contribution is 6.00. The van der Waals surface area contributed by atoms with E-state index in [-0.39, 0.29) is 11.8 Å². The van der Waals surface area contributed by atoms with Crippen LogP contribution in [-0.2, 0) is 9.59 Å². The molecule has 0 bridgehead atoms. The Bertz CT molecular complexity index is 611. The van der Waals surface area contributed by atoms with Gasteiger partial charge in [-0.1, -0.05) is 19.1 Å². The van der Waals surface area contributed by atoms with Crippen molar-refractivity contribution in [2.24, 2.45) is 0 Å². The Morgan fingerprint density at radius 1 is 1.21 bits per heavy atom. The number of carbonyl (C=O) groups is 2. The number of nitrogens with zero attached hydrogens (tertiary/aromatic N) is 3. The van der Waals surface area contributed by atoms with E-state index in [1.807, 2.05) is 36.1 Å². The molecular formula is C18H25N3O3. The van der Waals surface area contributed by atoms with Gasteiger partial charge in [-0.3, -0.25) is 9.59 Å². The zero-order valence-corrected chi connectivity index (χ0v) is 14.4. The number of ether oxygens (including phenoxy) is 1. The number of carbonyl (C=O) groups excluding carboxylic acids is 2. The van der Waals surface area contributed by atoms with Gasteiger partial charge in [0.1, 0.15) is 5.75 Å². The van der Waals surface area contributed by atoms with Gasteiger partial charge in [0.2, 0.25) is 5.91 Å². The summed E-state index contributed by atoms with van der Waals surface area (Å²) in [5, 5.41) is 0. The van der Waals surface area contributed by atoms with Crippen molar-refractivity contribution in [2.75, 3.05) is 44.7 Å². The number of benzene rings is 1. The first-order valence-corrected chi connectivity index (χ1v) is 8.63. The van der Waals surface area contributed by atoms with Crippen molar-refractivity contribution in [1.82, 2.24) is 9.80 Å². The first-order valence-electron chi connectivity index (χ1n) is 8.63. The van der Waals surface area contributed by atoms with Crippen molar-refractivity contribution in [1.29, 1.82) is 0 Å². The molecule has 1 unspecified atom stereocenters. The number of hydrogen-bond acceptors (Lipinski definition) is 4. The number of para-hydroxylation sites is 2. The van der Waals surface area contributed by atoms with Crippen LogP contribution in [0.3, 0.4) is 0 Å². The molecule has 2 aliphatic rings. The second-order valence-electron chi connectivity index (χ2n) is 6.41. The average molecular weight is 331 g/mol. The molecule has 0 spiro atoms. The maximum Gasteiger partial charge on any atom is 0.268 e. The van der Waals surface area contributed by atoms with Crippen LogP contribution in [0.2, 0.25) is 0 Å². The Morgan fingerprint density at radius 3 is 2.62 bits per heavy atom. The molecule has 6 nitrogen and oxygen atoms in total. The molecular weight excluding hydrogens is 306 g/mol. The first-order chi connectivity index (χ1) is 11.6. The van der Waals surface area contributed by atoms with Crippen LogP contribution in [0.5, 0.6) is 5.75 Å². The number of rotatable bonds is 4. The van der Waals surface area contributed by atoms with Crippen LogP contribution in [0.25, 0.3) is 0 Å². The number of amides is 2.